The van der Waals surface area contributed by atoms with Gasteiger partial charge in [0.15, 0.2) is 0 Å². The molecular weight excluding hydrogens is 894 g/mol. The first-order chi connectivity index (χ1) is 7.90. The largest absolute Gasteiger partial charge is 0.0863 e. The van der Waals surface area contributed by atoms with Crippen molar-refractivity contribution in [3.63, 3.8) is 0 Å². The van der Waals surface area contributed by atoms with Gasteiger partial charge in [-0.25, -0.2) is 0 Å². The van der Waals surface area contributed by atoms with Gasteiger partial charge in [0.25, 0.3) is 0 Å². The standard InChI is InChI=1S/C11H18I6/c1-7(13)11(17)10(16)4-2-3-8(14)9(15)5-6-12/h7-11H,2-6H2,1H3. The van der Waals surface area contributed by atoms with Crippen LogP contribution in [0.1, 0.15) is 32.6 Å². The molecule has 0 aromatic heterocycles. The van der Waals surface area contributed by atoms with Gasteiger partial charge in [-0.2, -0.15) is 0 Å². The molecule has 17 heavy (non-hydrogen) atoms. The lowest BCUT2D eigenvalue weighted by atomic mass is 10.1. The van der Waals surface area contributed by atoms with Crippen LogP contribution in [-0.4, -0.2) is 24.1 Å². The van der Waals surface area contributed by atoms with E-state index >= 15 is 0 Å². The van der Waals surface area contributed by atoms with Crippen LogP contribution in [0.25, 0.3) is 0 Å². The Balaban J connectivity index is 3.75. The summed E-state index contributed by atoms with van der Waals surface area (Å²) in [6, 6.07) is 0. The van der Waals surface area contributed by atoms with E-state index in [4.69, 9.17) is 0 Å². The van der Waals surface area contributed by atoms with Crippen LogP contribution in [0.3, 0.4) is 0 Å². The quantitative estimate of drug-likeness (QED) is 0.173. The van der Waals surface area contributed by atoms with E-state index < -0.39 is 0 Å². The molecule has 5 atom stereocenters. The van der Waals surface area contributed by atoms with Gasteiger partial charge >= 0.3 is 0 Å². The highest BCUT2D eigenvalue weighted by Gasteiger charge is 2.21. The summed E-state index contributed by atoms with van der Waals surface area (Å²) in [4.78, 5) is 0. The highest BCUT2D eigenvalue weighted by molar-refractivity contribution is 14.1. The zero-order chi connectivity index (χ0) is 13.4. The van der Waals surface area contributed by atoms with Crippen LogP contribution in [0.4, 0.5) is 0 Å². The van der Waals surface area contributed by atoms with Crippen molar-refractivity contribution >= 4 is 136 Å². The third-order valence-corrected chi connectivity index (χ3v) is 14.4. The van der Waals surface area contributed by atoms with E-state index in [1.807, 2.05) is 0 Å². The van der Waals surface area contributed by atoms with E-state index in [0.717, 1.165) is 19.6 Å². The molecular formula is C11H18I6. The van der Waals surface area contributed by atoms with Crippen molar-refractivity contribution in [3.8, 4) is 0 Å². The molecule has 0 rings (SSSR count). The molecule has 0 spiro atoms. The molecule has 104 valence electrons. The van der Waals surface area contributed by atoms with Crippen LogP contribution >= 0.6 is 136 Å². The minimum Gasteiger partial charge on any atom is -0.0863 e. The summed E-state index contributed by atoms with van der Waals surface area (Å²) in [6.07, 6.45) is 5.53. The Morgan fingerprint density at radius 3 is 1.71 bits per heavy atom. The van der Waals surface area contributed by atoms with Crippen LogP contribution in [0.5, 0.6) is 0 Å². The molecule has 0 aliphatic carbocycles. The zero-order valence-electron chi connectivity index (χ0n) is 9.69. The van der Waals surface area contributed by atoms with Gasteiger partial charge in [0.1, 0.15) is 0 Å². The van der Waals surface area contributed by atoms with Gasteiger partial charge in [-0.3, -0.25) is 0 Å². The molecule has 0 aromatic carbocycles. The molecule has 0 fully saturated rings. The van der Waals surface area contributed by atoms with Gasteiger partial charge in [-0.15, -0.1) is 0 Å². The number of hydrogen-bond donors (Lipinski definition) is 0. The Morgan fingerprint density at radius 2 is 1.24 bits per heavy atom. The maximum Gasteiger partial charge on any atom is 0.0342 e. The van der Waals surface area contributed by atoms with Crippen LogP contribution in [0.15, 0.2) is 0 Å². The van der Waals surface area contributed by atoms with E-state index in [1.165, 1.54) is 30.1 Å². The monoisotopic (exact) mass is 912 g/mol. The maximum absolute atomic E-state index is 2.65. The Labute approximate surface area is 188 Å². The number of hydrogen-bond acceptors (Lipinski definition) is 0. The third kappa shape index (κ3) is 10.7. The first kappa shape index (κ1) is 21.4. The first-order valence-electron chi connectivity index (χ1n) is 5.66. The van der Waals surface area contributed by atoms with Gasteiger partial charge < -0.3 is 0 Å². The third-order valence-electron chi connectivity index (χ3n) is 2.52. The second-order valence-electron chi connectivity index (χ2n) is 4.08. The van der Waals surface area contributed by atoms with Crippen LogP contribution in [-0.2, 0) is 0 Å². The summed E-state index contributed by atoms with van der Waals surface area (Å²) >= 11 is 15.6. The summed E-state index contributed by atoms with van der Waals surface area (Å²) in [6.45, 7) is 2.33. The van der Waals surface area contributed by atoms with Gasteiger partial charge in [0.05, 0.1) is 0 Å². The Hall–Kier alpha value is 4.38. The zero-order valence-corrected chi connectivity index (χ0v) is 22.6. The Kier molecular flexibility index (Phi) is 16.2. The van der Waals surface area contributed by atoms with Crippen molar-refractivity contribution in [1.29, 1.82) is 0 Å². The number of halogens is 6. The molecule has 0 radical (unpaired) electrons. The van der Waals surface area contributed by atoms with Gasteiger partial charge in [-0.05, 0) is 19.3 Å². The van der Waals surface area contributed by atoms with Crippen molar-refractivity contribution < 1.29 is 0 Å². The smallest absolute Gasteiger partial charge is 0.0342 e. The molecule has 0 nitrogen and oxygen atoms in total. The summed E-state index contributed by atoms with van der Waals surface area (Å²) in [5, 5.41) is 0. The fourth-order valence-electron chi connectivity index (χ4n) is 1.42. The van der Waals surface area contributed by atoms with Crippen molar-refractivity contribution in [1.82, 2.24) is 0 Å². The van der Waals surface area contributed by atoms with E-state index in [-0.39, 0.29) is 0 Å². The van der Waals surface area contributed by atoms with Crippen molar-refractivity contribution in [2.45, 2.75) is 52.2 Å². The maximum atomic E-state index is 2.65. The molecule has 0 aliphatic rings. The second-order valence-corrected chi connectivity index (χ2v) is 13.4. The van der Waals surface area contributed by atoms with E-state index in [9.17, 15) is 0 Å². The van der Waals surface area contributed by atoms with E-state index in [1.54, 1.807) is 0 Å². The highest BCUT2D eigenvalue weighted by atomic mass is 127. The first-order valence-corrected chi connectivity index (χ1v) is 13.4. The molecule has 0 bridgehead atoms. The number of rotatable bonds is 9. The fourth-order valence-corrected chi connectivity index (χ4v) is 7.47. The molecule has 0 heterocycles. The average molecular weight is 912 g/mol. The lowest BCUT2D eigenvalue weighted by Gasteiger charge is -2.21. The van der Waals surface area contributed by atoms with Gasteiger partial charge in [-0.1, -0.05) is 149 Å². The topological polar surface area (TPSA) is 0 Å². The average Bonchev–Trinajstić information content (AvgIpc) is 2.27. The molecule has 0 saturated heterocycles. The summed E-state index contributed by atoms with van der Waals surface area (Å²) in [5.74, 6) is 0. The van der Waals surface area contributed by atoms with Crippen LogP contribution in [0, 0.1) is 0 Å². The molecule has 5 unspecified atom stereocenters. The van der Waals surface area contributed by atoms with Crippen molar-refractivity contribution in [3.05, 3.63) is 0 Å². The lowest BCUT2D eigenvalue weighted by Crippen LogP contribution is -2.22. The van der Waals surface area contributed by atoms with Gasteiger partial charge in [0, 0.05) is 24.1 Å². The van der Waals surface area contributed by atoms with Crippen LogP contribution < -0.4 is 0 Å². The molecule has 0 saturated carbocycles. The fraction of sp³-hybridized carbons (Fsp3) is 1.00. The summed E-state index contributed by atoms with van der Waals surface area (Å²) < 4.78 is 5.43. The Bertz CT molecular complexity index is 187. The highest BCUT2D eigenvalue weighted by Crippen LogP contribution is 2.30. The number of alkyl halides is 6. The molecule has 0 aromatic rings. The predicted molar refractivity (Wildman–Crippen MR) is 132 cm³/mol. The van der Waals surface area contributed by atoms with Crippen LogP contribution in [0.2, 0.25) is 0 Å². The molecule has 6 heteroatoms. The summed E-state index contributed by atoms with van der Waals surface area (Å²) in [5.41, 5.74) is 0. The van der Waals surface area contributed by atoms with Crippen molar-refractivity contribution in [2.24, 2.45) is 0 Å². The van der Waals surface area contributed by atoms with Crippen molar-refractivity contribution in [2.75, 3.05) is 4.43 Å². The van der Waals surface area contributed by atoms with E-state index in [2.05, 4.69) is 142 Å². The predicted octanol–water partition coefficient (Wildman–Crippen LogP) is 7.02. The lowest BCUT2D eigenvalue weighted by molar-refractivity contribution is 0.638. The molecule has 0 amide bonds. The molecule has 0 aliphatic heterocycles. The SMILES string of the molecule is CC(I)C(I)C(I)CCCC(I)C(I)CCI. The second kappa shape index (κ2) is 12.9. The van der Waals surface area contributed by atoms with Gasteiger partial charge in [0.2, 0.25) is 0 Å². The van der Waals surface area contributed by atoms with E-state index in [0.29, 0.717) is 0 Å². The molecule has 0 N–H and O–H groups in total. The summed E-state index contributed by atoms with van der Waals surface area (Å²) in [7, 11) is 0. The minimum atomic E-state index is 0.779. The minimum absolute atomic E-state index is 0.779. The normalized spacial score (nSPS) is 20.6. The Morgan fingerprint density at radius 1 is 0.765 bits per heavy atom.